The Kier molecular flexibility index (Phi) is 5.66. The monoisotopic (exact) mass is 435 g/mol. The Hall–Kier alpha value is -2.83. The van der Waals surface area contributed by atoms with Crippen molar-refractivity contribution in [2.75, 3.05) is 12.0 Å². The van der Waals surface area contributed by atoms with Gasteiger partial charge < -0.3 is 9.30 Å². The van der Waals surface area contributed by atoms with E-state index in [1.807, 2.05) is 23.9 Å². The van der Waals surface area contributed by atoms with Crippen LogP contribution in [0.2, 0.25) is 0 Å². The predicted molar refractivity (Wildman–Crippen MR) is 125 cm³/mol. The standard InChI is InChI=1S/C25H33N5O2/c1-17-13-15-28(27-17)16-14-23-26-24-20-10-9-18(2)29(25(31)32-3)21(20)11-12-22(24)30(23)19-7-5-4-6-8-19/h11-13,15,18-19H,4-10,14,16H2,1-3H3/t18-/m0/s1. The van der Waals surface area contributed by atoms with Crippen LogP contribution in [0.4, 0.5) is 10.5 Å². The van der Waals surface area contributed by atoms with E-state index in [1.54, 1.807) is 4.90 Å². The molecule has 0 spiro atoms. The number of hydrogen-bond donors (Lipinski definition) is 0. The number of aryl methyl sites for hydroxylation is 4. The largest absolute Gasteiger partial charge is 0.452 e. The fourth-order valence-electron chi connectivity index (χ4n) is 5.55. The van der Waals surface area contributed by atoms with E-state index in [2.05, 4.69) is 28.7 Å². The van der Waals surface area contributed by atoms with Crippen molar-refractivity contribution in [3.8, 4) is 0 Å². The van der Waals surface area contributed by atoms with Crippen LogP contribution < -0.4 is 4.90 Å². The smallest absolute Gasteiger partial charge is 0.414 e. The molecule has 1 aliphatic carbocycles. The van der Waals surface area contributed by atoms with Gasteiger partial charge in [0.05, 0.1) is 29.5 Å². The first-order valence-electron chi connectivity index (χ1n) is 12.0. The molecule has 5 rings (SSSR count). The number of ether oxygens (including phenoxy) is 1. The molecule has 1 aliphatic heterocycles. The molecule has 1 amide bonds. The Morgan fingerprint density at radius 1 is 1.16 bits per heavy atom. The van der Waals surface area contributed by atoms with Gasteiger partial charge in [-0.05, 0) is 57.7 Å². The van der Waals surface area contributed by atoms with Crippen LogP contribution in [-0.2, 0) is 24.1 Å². The Labute approximate surface area is 189 Å². The number of benzene rings is 1. The third-order valence-electron chi connectivity index (χ3n) is 7.18. The number of carbonyl (C=O) groups is 1. The molecule has 7 heteroatoms. The number of rotatable bonds is 4. The quantitative estimate of drug-likeness (QED) is 0.565. The highest BCUT2D eigenvalue weighted by Gasteiger charge is 2.32. The molecular weight excluding hydrogens is 402 g/mol. The van der Waals surface area contributed by atoms with Crippen molar-refractivity contribution in [3.63, 3.8) is 0 Å². The zero-order valence-corrected chi connectivity index (χ0v) is 19.4. The summed E-state index contributed by atoms with van der Waals surface area (Å²) in [5.41, 5.74) is 5.43. The highest BCUT2D eigenvalue weighted by Crippen LogP contribution is 2.39. The van der Waals surface area contributed by atoms with Crippen molar-refractivity contribution >= 4 is 22.8 Å². The minimum absolute atomic E-state index is 0.121. The first-order chi connectivity index (χ1) is 15.6. The van der Waals surface area contributed by atoms with Crippen molar-refractivity contribution in [1.29, 1.82) is 0 Å². The molecule has 3 aromatic rings. The normalized spacial score (nSPS) is 19.3. The first kappa shape index (κ1) is 21.0. The Morgan fingerprint density at radius 2 is 1.97 bits per heavy atom. The molecule has 2 aromatic heterocycles. The Balaban J connectivity index is 1.59. The molecule has 1 aromatic carbocycles. The molecule has 170 valence electrons. The number of methoxy groups -OCH3 is 1. The molecule has 1 saturated carbocycles. The second-order valence-corrected chi connectivity index (χ2v) is 9.32. The van der Waals surface area contributed by atoms with E-state index in [9.17, 15) is 4.79 Å². The van der Waals surface area contributed by atoms with Gasteiger partial charge in [0.1, 0.15) is 5.82 Å². The zero-order chi connectivity index (χ0) is 22.2. The third kappa shape index (κ3) is 3.67. The summed E-state index contributed by atoms with van der Waals surface area (Å²) in [7, 11) is 1.45. The number of anilines is 1. The highest BCUT2D eigenvalue weighted by atomic mass is 16.5. The molecule has 0 unspecified atom stereocenters. The molecule has 3 heterocycles. The molecule has 0 saturated heterocycles. The van der Waals surface area contributed by atoms with Gasteiger partial charge in [-0.2, -0.15) is 5.10 Å². The second kappa shape index (κ2) is 8.60. The van der Waals surface area contributed by atoms with Crippen molar-refractivity contribution < 1.29 is 9.53 Å². The molecule has 7 nitrogen and oxygen atoms in total. The lowest BCUT2D eigenvalue weighted by Crippen LogP contribution is -2.42. The van der Waals surface area contributed by atoms with Crippen LogP contribution in [0.3, 0.4) is 0 Å². The van der Waals surface area contributed by atoms with Crippen LogP contribution in [0.25, 0.3) is 11.0 Å². The zero-order valence-electron chi connectivity index (χ0n) is 19.4. The summed E-state index contributed by atoms with van der Waals surface area (Å²) < 4.78 is 9.61. The summed E-state index contributed by atoms with van der Waals surface area (Å²) >= 11 is 0. The van der Waals surface area contributed by atoms with E-state index in [4.69, 9.17) is 9.72 Å². The highest BCUT2D eigenvalue weighted by molar-refractivity contribution is 5.95. The Bertz CT molecular complexity index is 1130. The van der Waals surface area contributed by atoms with Gasteiger partial charge in [-0.25, -0.2) is 9.78 Å². The van der Waals surface area contributed by atoms with Crippen LogP contribution in [-0.4, -0.2) is 38.6 Å². The fourth-order valence-corrected chi connectivity index (χ4v) is 5.55. The molecule has 0 bridgehead atoms. The first-order valence-corrected chi connectivity index (χ1v) is 12.0. The number of nitrogens with zero attached hydrogens (tertiary/aromatic N) is 5. The molecule has 32 heavy (non-hydrogen) atoms. The second-order valence-electron chi connectivity index (χ2n) is 9.32. The van der Waals surface area contributed by atoms with Gasteiger partial charge in [-0.15, -0.1) is 0 Å². The summed E-state index contributed by atoms with van der Waals surface area (Å²) in [5.74, 6) is 1.14. The minimum Gasteiger partial charge on any atom is -0.452 e. The molecule has 0 N–H and O–H groups in total. The molecule has 2 aliphatic rings. The van der Waals surface area contributed by atoms with Crippen molar-refractivity contribution in [2.24, 2.45) is 0 Å². The number of hydrogen-bond acceptors (Lipinski definition) is 4. The maximum atomic E-state index is 12.5. The van der Waals surface area contributed by atoms with E-state index in [1.165, 1.54) is 50.3 Å². The van der Waals surface area contributed by atoms with Gasteiger partial charge in [-0.3, -0.25) is 9.58 Å². The number of fused-ring (bicyclic) bond motifs is 3. The number of imidazole rings is 1. The Morgan fingerprint density at radius 3 is 2.69 bits per heavy atom. The van der Waals surface area contributed by atoms with Gasteiger partial charge >= 0.3 is 6.09 Å². The van der Waals surface area contributed by atoms with Gasteiger partial charge in [-0.1, -0.05) is 19.3 Å². The molecular formula is C25H33N5O2. The lowest BCUT2D eigenvalue weighted by atomic mass is 9.94. The molecule has 0 radical (unpaired) electrons. The van der Waals surface area contributed by atoms with Gasteiger partial charge in [0.25, 0.3) is 0 Å². The van der Waals surface area contributed by atoms with Crippen molar-refractivity contribution in [1.82, 2.24) is 19.3 Å². The van der Waals surface area contributed by atoms with Crippen molar-refractivity contribution in [3.05, 3.63) is 41.5 Å². The molecule has 1 atom stereocenters. The van der Waals surface area contributed by atoms with Crippen LogP contribution in [0.15, 0.2) is 24.4 Å². The summed E-state index contributed by atoms with van der Waals surface area (Å²) in [6.07, 6.45) is 10.7. The summed E-state index contributed by atoms with van der Waals surface area (Å²) in [6.45, 7) is 4.92. The number of amides is 1. The third-order valence-corrected chi connectivity index (χ3v) is 7.18. The average Bonchev–Trinajstić information content (AvgIpc) is 3.40. The van der Waals surface area contributed by atoms with Gasteiger partial charge in [0.2, 0.25) is 0 Å². The number of aromatic nitrogens is 4. The summed E-state index contributed by atoms with van der Waals surface area (Å²) in [6, 6.07) is 6.94. The topological polar surface area (TPSA) is 65.2 Å². The molecule has 1 fully saturated rings. The van der Waals surface area contributed by atoms with E-state index in [0.29, 0.717) is 6.04 Å². The maximum absolute atomic E-state index is 12.5. The predicted octanol–water partition coefficient (Wildman–Crippen LogP) is 5.20. The van der Waals surface area contributed by atoms with E-state index >= 15 is 0 Å². The fraction of sp³-hybridized carbons (Fsp3) is 0.560. The lowest BCUT2D eigenvalue weighted by Gasteiger charge is -2.34. The van der Waals surface area contributed by atoms with E-state index in [-0.39, 0.29) is 12.1 Å². The average molecular weight is 436 g/mol. The number of carbonyl (C=O) groups excluding carboxylic acids is 1. The summed E-state index contributed by atoms with van der Waals surface area (Å²) in [5, 5.41) is 4.56. The van der Waals surface area contributed by atoms with Gasteiger partial charge in [0, 0.05) is 36.8 Å². The minimum atomic E-state index is -0.293. The van der Waals surface area contributed by atoms with Gasteiger partial charge in [0.15, 0.2) is 0 Å². The maximum Gasteiger partial charge on any atom is 0.414 e. The van der Waals surface area contributed by atoms with E-state index < -0.39 is 0 Å². The summed E-state index contributed by atoms with van der Waals surface area (Å²) in [4.78, 5) is 19.5. The van der Waals surface area contributed by atoms with E-state index in [0.717, 1.165) is 48.5 Å². The van der Waals surface area contributed by atoms with Crippen molar-refractivity contribution in [2.45, 2.75) is 83.8 Å². The van der Waals surface area contributed by atoms with Crippen LogP contribution >= 0.6 is 0 Å². The van der Waals surface area contributed by atoms with Crippen LogP contribution in [0.1, 0.15) is 68.6 Å². The van der Waals surface area contributed by atoms with Crippen LogP contribution in [0, 0.1) is 6.92 Å². The lowest BCUT2D eigenvalue weighted by molar-refractivity contribution is 0.175. The SMILES string of the molecule is COC(=O)N1c2ccc3c(nc(CCn4ccc(C)n4)n3C3CCCCC3)c2CC[C@@H]1C. The van der Waals surface area contributed by atoms with Crippen LogP contribution in [0.5, 0.6) is 0 Å².